The van der Waals surface area contributed by atoms with Crippen molar-refractivity contribution >= 4 is 73.6 Å². The van der Waals surface area contributed by atoms with Crippen molar-refractivity contribution in [1.82, 2.24) is 10.6 Å². The number of benzene rings is 4. The van der Waals surface area contributed by atoms with Crippen LogP contribution in [0.15, 0.2) is 126 Å². The first-order chi connectivity index (χ1) is 53.6. The Morgan fingerprint density at radius 3 is 1.02 bits per heavy atom. The molecule has 4 aliphatic rings. The zero-order valence-electron chi connectivity index (χ0n) is 69.9. The molecule has 635 valence electrons. The predicted octanol–water partition coefficient (Wildman–Crippen LogP) is 1.66. The van der Waals surface area contributed by atoms with Gasteiger partial charge in [0.15, 0.2) is 54.9 Å². The van der Waals surface area contributed by atoms with Crippen molar-refractivity contribution in [2.24, 2.45) is 10.7 Å². The van der Waals surface area contributed by atoms with Crippen LogP contribution in [0.3, 0.4) is 0 Å². The quantitative estimate of drug-likeness (QED) is 0.0192. The standard InChI is InChI=1S/C21H29NO7.C21H27NO7.C15H23NO4.C14H20O8.C7H9N.C2H6O.CH4O.B.Na.H/c2*1-13(22-11-17-8-6-5-7-9-17)10-18-20(28-15(3)24)21(29-16(4)25)19(12-26-18)27-14(2)23;1-10(16-8-11-5-3-2-4-6-11)7-13-15(19)14(18)12(17)9-20-13;1-7(15)5-11-13(21-9(3)17)14(22-10(4)18)12(6-19-11)20-8(2)16;8-6-7-4-2-1-3-5-7;1-2-3;1-2;;;/h5-9,13,18-22H,10-12H2,1-4H3;5-9,18-21H,10-12H2,1-4H3;2-6,10,12-19H,7-9H2,1H3;11-14H,5-6H2,1-4H3;1-5H,6,8H2;3H,2H2,1H3;2H,1H3;;;/q;;;;;;;;+1;-1/t13?,18-,19+,20-,21-;18-,19+,20-,21-;10?,12-,13+,14+,15+;11-,12+,13-,14-;;;;;;/m0010....../s1. The molecule has 4 fully saturated rings. The van der Waals surface area contributed by atoms with Crippen LogP contribution in [0.5, 0.6) is 0 Å². The normalized spacial score (nSPS) is 24.2. The minimum Gasteiger partial charge on any atom is -1.00 e. The maximum Gasteiger partial charge on any atom is 1.00 e. The number of aliphatic imine (C=N–C) groups is 1. The second kappa shape index (κ2) is 59.7. The Kier molecular flexibility index (Phi) is 55.5. The molecule has 0 saturated carbocycles. The van der Waals surface area contributed by atoms with Gasteiger partial charge < -0.3 is 105 Å². The smallest absolute Gasteiger partial charge is 1.00 e. The number of ketones is 1. The van der Waals surface area contributed by atoms with Crippen molar-refractivity contribution in [3.05, 3.63) is 144 Å². The average Bonchev–Trinajstić information content (AvgIpc) is 0.816. The minimum absolute atomic E-state index is 0. The second-order valence-electron chi connectivity index (χ2n) is 26.6. The van der Waals surface area contributed by atoms with Gasteiger partial charge in [0.25, 0.3) is 0 Å². The summed E-state index contributed by atoms with van der Waals surface area (Å²) in [7, 11) is 1.00. The van der Waals surface area contributed by atoms with Gasteiger partial charge in [-0.15, -0.1) is 0 Å². The fourth-order valence-corrected chi connectivity index (χ4v) is 11.8. The molecule has 32 nitrogen and oxygen atoms in total. The molecule has 4 saturated heterocycles. The molecular formula is C81H119BN4NaO28. The van der Waals surface area contributed by atoms with Gasteiger partial charge in [-0.1, -0.05) is 121 Å². The van der Waals surface area contributed by atoms with Gasteiger partial charge in [0.2, 0.25) is 0 Å². The van der Waals surface area contributed by atoms with Gasteiger partial charge in [0.05, 0.1) is 45.2 Å². The molecule has 115 heavy (non-hydrogen) atoms. The molecular weight excluding hydrogens is 1510 g/mol. The number of Topliss-reactive ketones (excluding diaryl/α,β-unsaturated/α-hetero) is 1. The summed E-state index contributed by atoms with van der Waals surface area (Å²) < 4.78 is 69.9. The van der Waals surface area contributed by atoms with Crippen molar-refractivity contribution in [2.75, 3.05) is 40.1 Å². The number of aliphatic hydroxyl groups is 5. The van der Waals surface area contributed by atoms with Crippen LogP contribution in [0, 0.1) is 0 Å². The van der Waals surface area contributed by atoms with Gasteiger partial charge in [-0.05, 0) is 69.7 Å². The number of carbonyl (C=O) groups excluding carboxylic acids is 10. The van der Waals surface area contributed by atoms with Crippen LogP contribution < -0.4 is 45.9 Å². The molecule has 3 radical (unpaired) electrons. The molecule has 0 aromatic heterocycles. The molecule has 2 unspecified atom stereocenters. The van der Waals surface area contributed by atoms with E-state index < -0.39 is 151 Å². The third-order valence-electron chi connectivity index (χ3n) is 16.6. The summed E-state index contributed by atoms with van der Waals surface area (Å²) >= 11 is 0. The van der Waals surface area contributed by atoms with Gasteiger partial charge in [0, 0.05) is 135 Å². The number of rotatable bonds is 26. The van der Waals surface area contributed by atoms with Crippen LogP contribution in [0.4, 0.5) is 0 Å². The van der Waals surface area contributed by atoms with E-state index in [0.717, 1.165) is 30.5 Å². The van der Waals surface area contributed by atoms with Gasteiger partial charge in [-0.3, -0.25) is 52.9 Å². The fraction of sp³-hybridized carbons (Fsp3) is 0.568. The topological polar surface area (TPSA) is 454 Å². The molecule has 34 heteroatoms. The van der Waals surface area contributed by atoms with Crippen molar-refractivity contribution in [1.29, 1.82) is 0 Å². The molecule has 4 aliphatic heterocycles. The number of nitrogens with one attached hydrogen (secondary N) is 2. The molecule has 9 N–H and O–H groups in total. The molecule has 4 aromatic carbocycles. The molecule has 0 aliphatic carbocycles. The van der Waals surface area contributed by atoms with Crippen LogP contribution in [0.1, 0.15) is 146 Å². The second-order valence-corrected chi connectivity index (χ2v) is 26.6. The number of nitrogens with two attached hydrogens (primary N) is 1. The third-order valence-corrected chi connectivity index (χ3v) is 16.6. The number of esters is 9. The van der Waals surface area contributed by atoms with Gasteiger partial charge in [-0.2, -0.15) is 0 Å². The summed E-state index contributed by atoms with van der Waals surface area (Å²) in [5.74, 6) is -5.29. The monoisotopic (exact) mass is 1630 g/mol. The number of carbonyl (C=O) groups is 10. The summed E-state index contributed by atoms with van der Waals surface area (Å²) in [6, 6.07) is 40.0. The number of ether oxygens (including phenoxy) is 13. The first-order valence-corrected chi connectivity index (χ1v) is 37.1. The summed E-state index contributed by atoms with van der Waals surface area (Å²) in [4.78, 5) is 119. The Hall–Kier alpha value is -7.97. The molecule has 0 spiro atoms. The largest absolute Gasteiger partial charge is 1.00 e. The van der Waals surface area contributed by atoms with Gasteiger partial charge >= 0.3 is 83.3 Å². The van der Waals surface area contributed by atoms with Crippen LogP contribution in [0.25, 0.3) is 0 Å². The Labute approximate surface area is 699 Å². The fourth-order valence-electron chi connectivity index (χ4n) is 11.8. The van der Waals surface area contributed by atoms with Crippen LogP contribution in [-0.2, 0) is 136 Å². The van der Waals surface area contributed by atoms with E-state index in [0.29, 0.717) is 38.9 Å². The van der Waals surface area contributed by atoms with E-state index in [-0.39, 0.29) is 96.7 Å². The van der Waals surface area contributed by atoms with Crippen molar-refractivity contribution in [3.8, 4) is 0 Å². The first-order valence-electron chi connectivity index (χ1n) is 37.1. The van der Waals surface area contributed by atoms with E-state index in [9.17, 15) is 63.3 Å². The Bertz CT molecular complexity index is 3450. The Morgan fingerprint density at radius 1 is 0.426 bits per heavy atom. The minimum atomic E-state index is -1.13. The van der Waals surface area contributed by atoms with Crippen LogP contribution in [-0.4, -0.2) is 249 Å². The van der Waals surface area contributed by atoms with E-state index in [1.54, 1.807) is 6.92 Å². The number of hydrogen-bond donors (Lipinski definition) is 8. The first kappa shape index (κ1) is 107. The predicted molar refractivity (Wildman–Crippen MR) is 417 cm³/mol. The van der Waals surface area contributed by atoms with Crippen molar-refractivity contribution in [2.45, 2.75) is 259 Å². The maximum absolute atomic E-state index is 11.7. The maximum atomic E-state index is 11.7. The van der Waals surface area contributed by atoms with E-state index in [4.69, 9.17) is 77.5 Å². The van der Waals surface area contributed by atoms with Crippen LogP contribution in [0.2, 0.25) is 0 Å². The molecule has 18 atom stereocenters. The Morgan fingerprint density at radius 2 is 0.704 bits per heavy atom. The zero-order valence-corrected chi connectivity index (χ0v) is 70.9. The van der Waals surface area contributed by atoms with Gasteiger partial charge in [0.1, 0.15) is 36.3 Å². The molecule has 0 amide bonds. The summed E-state index contributed by atoms with van der Waals surface area (Å²) in [5, 5.41) is 50.3. The summed E-state index contributed by atoms with van der Waals surface area (Å²) in [6.07, 6.45) is -12.4. The zero-order chi connectivity index (χ0) is 84.7. The SMILES string of the molecule is CC(=O)C[C@@H]1OC[C@@H](OC(C)=O)[C@H](OC(C)=O)[C@H]1OC(C)=O.CC(=O)O[C@@H]1[C@@H](OC(C)=O)[C@H](OC(C)=O)CO[C@H]1CC(C)=NCc1ccccc1.CC(=O)O[C@@H]1[C@@H](OC(C)=O)[C@H](OC(C)=O)CO[C@H]1CC(C)NCc1ccccc1.CC(C[C@@H]1OC[C@@H](O)[C@H](O)[C@H]1O)NCc1ccccc1.CCO.CO.NCc1ccccc1.[B].[H-].[Na+]. The summed E-state index contributed by atoms with van der Waals surface area (Å²) in [6.45, 7) is 22.9. The van der Waals surface area contributed by atoms with Crippen LogP contribution >= 0.6 is 0 Å². The van der Waals surface area contributed by atoms with Crippen molar-refractivity contribution in [3.63, 3.8) is 0 Å². The van der Waals surface area contributed by atoms with E-state index in [2.05, 4.69) is 15.6 Å². The number of aliphatic hydroxyl groups excluding tert-OH is 5. The average molecular weight is 1630 g/mol. The van der Waals surface area contributed by atoms with E-state index in [1.165, 1.54) is 80.4 Å². The number of hydrogen-bond acceptors (Lipinski definition) is 32. The van der Waals surface area contributed by atoms with E-state index >= 15 is 0 Å². The number of nitrogens with zero attached hydrogens (tertiary/aromatic N) is 1. The third kappa shape index (κ3) is 44.3. The van der Waals surface area contributed by atoms with Gasteiger partial charge in [-0.25, -0.2) is 0 Å². The Balaban J connectivity index is 0. The molecule has 4 aromatic rings. The molecule has 8 rings (SSSR count). The molecule has 4 heterocycles. The van der Waals surface area contributed by atoms with E-state index in [1.807, 2.05) is 142 Å². The summed E-state index contributed by atoms with van der Waals surface area (Å²) in [5.41, 5.74) is 10.7. The van der Waals surface area contributed by atoms with Crippen molar-refractivity contribution < 1.29 is 166 Å². The molecule has 0 bridgehead atoms.